The number of hydrogen-bond donors (Lipinski definition) is 0. The molecule has 0 saturated heterocycles. The molecular weight excluding hydrogens is 324 g/mol. The SMILES string of the molecule is Cc1c2c(c(-c3cccc(-c4ccccc4)c3)c3ccccc13)=CCCC=2. The second-order valence-electron chi connectivity index (χ2n) is 7.31. The molecule has 0 nitrogen and oxygen atoms in total. The number of fused-ring (bicyclic) bond motifs is 2. The van der Waals surface area contributed by atoms with Crippen LogP contribution in [0, 0.1) is 6.92 Å². The largest absolute Gasteiger partial charge is 0.0761 e. The topological polar surface area (TPSA) is 0 Å². The van der Waals surface area contributed by atoms with E-state index < -0.39 is 0 Å². The average molecular weight is 346 g/mol. The predicted molar refractivity (Wildman–Crippen MR) is 117 cm³/mol. The lowest BCUT2D eigenvalue weighted by Crippen LogP contribution is -2.31. The monoisotopic (exact) mass is 346 g/mol. The number of hydrogen-bond acceptors (Lipinski definition) is 0. The van der Waals surface area contributed by atoms with E-state index in [1.165, 1.54) is 49.0 Å². The summed E-state index contributed by atoms with van der Waals surface area (Å²) in [7, 11) is 0. The number of aryl methyl sites for hydroxylation is 1. The molecule has 0 bridgehead atoms. The molecule has 0 heterocycles. The molecule has 4 aromatic rings. The highest BCUT2D eigenvalue weighted by Gasteiger charge is 2.12. The van der Waals surface area contributed by atoms with E-state index in [4.69, 9.17) is 0 Å². The van der Waals surface area contributed by atoms with Crippen molar-refractivity contribution in [1.29, 1.82) is 0 Å². The Morgan fingerprint density at radius 2 is 1.19 bits per heavy atom. The fourth-order valence-electron chi connectivity index (χ4n) is 4.38. The van der Waals surface area contributed by atoms with Gasteiger partial charge >= 0.3 is 0 Å². The molecule has 0 N–H and O–H groups in total. The van der Waals surface area contributed by atoms with Gasteiger partial charge in [0.15, 0.2) is 0 Å². The van der Waals surface area contributed by atoms with Crippen LogP contribution < -0.4 is 10.4 Å². The van der Waals surface area contributed by atoms with Gasteiger partial charge in [-0.1, -0.05) is 84.9 Å². The highest BCUT2D eigenvalue weighted by atomic mass is 14.2. The van der Waals surface area contributed by atoms with Crippen LogP contribution in [0.1, 0.15) is 18.4 Å². The Bertz CT molecular complexity index is 1260. The molecule has 5 rings (SSSR count). The first-order valence-electron chi connectivity index (χ1n) is 9.70. The van der Waals surface area contributed by atoms with E-state index in [0.717, 1.165) is 12.8 Å². The van der Waals surface area contributed by atoms with E-state index in [1.54, 1.807) is 0 Å². The smallest absolute Gasteiger partial charge is 0.00297 e. The first-order valence-corrected chi connectivity index (χ1v) is 9.70. The van der Waals surface area contributed by atoms with Gasteiger partial charge in [0, 0.05) is 0 Å². The molecule has 0 spiro atoms. The zero-order valence-electron chi connectivity index (χ0n) is 15.6. The van der Waals surface area contributed by atoms with Gasteiger partial charge in [0.2, 0.25) is 0 Å². The van der Waals surface area contributed by atoms with Crippen molar-refractivity contribution in [2.45, 2.75) is 19.8 Å². The Hall–Kier alpha value is -3.12. The molecule has 0 saturated carbocycles. The van der Waals surface area contributed by atoms with Crippen molar-refractivity contribution in [1.82, 2.24) is 0 Å². The molecule has 0 unspecified atom stereocenters. The minimum absolute atomic E-state index is 1.12. The Kier molecular flexibility index (Phi) is 3.90. The quantitative estimate of drug-likeness (QED) is 0.428. The van der Waals surface area contributed by atoms with Crippen molar-refractivity contribution in [2.24, 2.45) is 0 Å². The van der Waals surface area contributed by atoms with Crippen LogP contribution in [0.25, 0.3) is 45.2 Å². The highest BCUT2D eigenvalue weighted by Crippen LogP contribution is 2.30. The lowest BCUT2D eigenvalue weighted by Gasteiger charge is -2.16. The van der Waals surface area contributed by atoms with Crippen molar-refractivity contribution in [3.8, 4) is 22.3 Å². The summed E-state index contributed by atoms with van der Waals surface area (Å²) < 4.78 is 0. The summed E-state index contributed by atoms with van der Waals surface area (Å²) in [5, 5.41) is 5.54. The Morgan fingerprint density at radius 3 is 2.00 bits per heavy atom. The Balaban J connectivity index is 1.86. The zero-order valence-corrected chi connectivity index (χ0v) is 15.6. The Labute approximate surface area is 160 Å². The van der Waals surface area contributed by atoms with Gasteiger partial charge in [-0.2, -0.15) is 0 Å². The zero-order chi connectivity index (χ0) is 18.2. The maximum absolute atomic E-state index is 2.43. The first kappa shape index (κ1) is 16.1. The van der Waals surface area contributed by atoms with Crippen LogP contribution in [-0.2, 0) is 0 Å². The molecule has 0 aromatic heterocycles. The van der Waals surface area contributed by atoms with Gasteiger partial charge in [-0.05, 0) is 74.9 Å². The summed E-state index contributed by atoms with van der Waals surface area (Å²) in [6, 6.07) is 28.5. The molecule has 0 aliphatic heterocycles. The molecule has 1 aliphatic rings. The maximum Gasteiger partial charge on any atom is -0.00297 e. The van der Waals surface area contributed by atoms with Gasteiger partial charge in [0.25, 0.3) is 0 Å². The van der Waals surface area contributed by atoms with Crippen LogP contribution >= 0.6 is 0 Å². The van der Waals surface area contributed by atoms with Gasteiger partial charge in [-0.25, -0.2) is 0 Å². The van der Waals surface area contributed by atoms with Crippen molar-refractivity contribution in [3.63, 3.8) is 0 Å². The lowest BCUT2D eigenvalue weighted by molar-refractivity contribution is 1.11. The molecule has 0 atom stereocenters. The fourth-order valence-corrected chi connectivity index (χ4v) is 4.38. The molecular formula is C27H22. The lowest BCUT2D eigenvalue weighted by atomic mass is 9.88. The molecule has 0 fully saturated rings. The minimum atomic E-state index is 1.12. The van der Waals surface area contributed by atoms with Crippen molar-refractivity contribution >= 4 is 22.9 Å². The van der Waals surface area contributed by atoms with Gasteiger partial charge < -0.3 is 0 Å². The highest BCUT2D eigenvalue weighted by molar-refractivity contribution is 5.99. The van der Waals surface area contributed by atoms with Crippen LogP contribution in [0.5, 0.6) is 0 Å². The molecule has 0 heteroatoms. The average Bonchev–Trinajstić information content (AvgIpc) is 2.75. The molecule has 27 heavy (non-hydrogen) atoms. The van der Waals surface area contributed by atoms with E-state index in [2.05, 4.69) is 97.9 Å². The normalized spacial score (nSPS) is 12.9. The van der Waals surface area contributed by atoms with Gasteiger partial charge in [0.1, 0.15) is 0 Å². The van der Waals surface area contributed by atoms with Crippen LogP contribution in [0.2, 0.25) is 0 Å². The molecule has 1 aliphatic carbocycles. The third-order valence-corrected chi connectivity index (χ3v) is 5.69. The minimum Gasteiger partial charge on any atom is -0.0761 e. The van der Waals surface area contributed by atoms with Gasteiger partial charge in [0.05, 0.1) is 0 Å². The van der Waals surface area contributed by atoms with Crippen LogP contribution in [0.3, 0.4) is 0 Å². The summed E-state index contributed by atoms with van der Waals surface area (Å²) >= 11 is 0. The van der Waals surface area contributed by atoms with E-state index in [-0.39, 0.29) is 0 Å². The van der Waals surface area contributed by atoms with Crippen molar-refractivity contribution in [2.75, 3.05) is 0 Å². The summed E-state index contributed by atoms with van der Waals surface area (Å²) in [4.78, 5) is 0. The molecule has 0 amide bonds. The number of benzene rings is 4. The van der Waals surface area contributed by atoms with Crippen LogP contribution in [0.4, 0.5) is 0 Å². The summed E-state index contributed by atoms with van der Waals surface area (Å²) in [5.41, 5.74) is 6.61. The van der Waals surface area contributed by atoms with Crippen LogP contribution in [0.15, 0.2) is 78.9 Å². The third-order valence-electron chi connectivity index (χ3n) is 5.69. The fraction of sp³-hybridized carbons (Fsp3) is 0.111. The second kappa shape index (κ2) is 6.55. The van der Waals surface area contributed by atoms with E-state index in [9.17, 15) is 0 Å². The first-order chi connectivity index (χ1) is 13.3. The third kappa shape index (κ3) is 2.69. The summed E-state index contributed by atoms with van der Waals surface area (Å²) in [5.74, 6) is 0. The molecule has 4 aromatic carbocycles. The second-order valence-corrected chi connectivity index (χ2v) is 7.31. The van der Waals surface area contributed by atoms with Crippen molar-refractivity contribution < 1.29 is 0 Å². The predicted octanol–water partition coefficient (Wildman–Crippen LogP) is 5.84. The Morgan fingerprint density at radius 1 is 0.556 bits per heavy atom. The number of rotatable bonds is 2. The molecule has 130 valence electrons. The van der Waals surface area contributed by atoms with E-state index in [0.29, 0.717) is 0 Å². The van der Waals surface area contributed by atoms with Gasteiger partial charge in [-0.3, -0.25) is 0 Å². The summed E-state index contributed by atoms with van der Waals surface area (Å²) in [6.45, 7) is 2.26. The van der Waals surface area contributed by atoms with Gasteiger partial charge in [-0.15, -0.1) is 0 Å². The van der Waals surface area contributed by atoms with E-state index in [1.807, 2.05) is 0 Å². The molecule has 0 radical (unpaired) electrons. The maximum atomic E-state index is 2.43. The van der Waals surface area contributed by atoms with E-state index >= 15 is 0 Å². The van der Waals surface area contributed by atoms with Crippen LogP contribution in [-0.4, -0.2) is 0 Å². The summed E-state index contributed by atoms with van der Waals surface area (Å²) in [6.07, 6.45) is 7.10. The van der Waals surface area contributed by atoms with Crippen molar-refractivity contribution in [3.05, 3.63) is 94.9 Å². The standard InChI is InChI=1S/C27H22/c1-19-23-14-5-7-16-25(23)27(26-17-8-6-15-24(19)26)22-13-9-12-21(18-22)20-10-3-2-4-11-20/h2-5,7,9-18H,6,8H2,1H3.